The Labute approximate surface area is 282 Å². The van der Waals surface area contributed by atoms with E-state index in [0.717, 1.165) is 22.3 Å². The molecule has 2 aliphatic rings. The normalized spacial score (nSPS) is 17.4. The SMILES string of the molecule is CC(C)c1ccc2c(c1)oc1c2cc2c(C3CCCCC3)cc3c4oc5cc(C(C)C)ccc5c4cc4c(C5CCCCC5)cc1c2c43. The van der Waals surface area contributed by atoms with Crippen LogP contribution in [-0.4, -0.2) is 0 Å². The van der Waals surface area contributed by atoms with Crippen LogP contribution in [0.3, 0.4) is 0 Å². The van der Waals surface area contributed by atoms with Crippen molar-refractivity contribution in [2.45, 2.75) is 116 Å². The molecule has 0 saturated heterocycles. The molecule has 6 aromatic carbocycles. The molecule has 2 heterocycles. The summed E-state index contributed by atoms with van der Waals surface area (Å²) in [5.41, 5.74) is 9.87. The van der Waals surface area contributed by atoms with Crippen molar-refractivity contribution < 1.29 is 8.83 Å². The quantitative estimate of drug-likeness (QED) is 0.181. The molecule has 2 aliphatic carbocycles. The lowest BCUT2D eigenvalue weighted by atomic mass is 9.76. The van der Waals surface area contributed by atoms with E-state index in [0.29, 0.717) is 23.7 Å². The zero-order valence-electron chi connectivity index (χ0n) is 29.0. The van der Waals surface area contributed by atoms with Crippen LogP contribution in [0.5, 0.6) is 0 Å². The number of hydrogen-bond donors (Lipinski definition) is 0. The molecule has 0 radical (unpaired) electrons. The molecule has 0 amide bonds. The topological polar surface area (TPSA) is 26.3 Å². The summed E-state index contributed by atoms with van der Waals surface area (Å²) in [6.45, 7) is 9.09. The van der Waals surface area contributed by atoms with Crippen LogP contribution in [0.4, 0.5) is 0 Å². The van der Waals surface area contributed by atoms with Crippen molar-refractivity contribution in [3.63, 3.8) is 0 Å². The van der Waals surface area contributed by atoms with E-state index in [1.807, 2.05) is 0 Å². The number of benzene rings is 6. The lowest BCUT2D eigenvalue weighted by Gasteiger charge is -2.28. The van der Waals surface area contributed by atoms with Gasteiger partial charge in [0.05, 0.1) is 0 Å². The molecule has 0 bridgehead atoms. The molecule has 0 unspecified atom stereocenters. The Bertz CT molecular complexity index is 2350. The summed E-state index contributed by atoms with van der Waals surface area (Å²) in [5, 5.41) is 13.3. The summed E-state index contributed by atoms with van der Waals surface area (Å²) in [4.78, 5) is 0. The summed E-state index contributed by atoms with van der Waals surface area (Å²) < 4.78 is 14.0. The first-order valence-corrected chi connectivity index (χ1v) is 18.9. The average Bonchev–Trinajstić information content (AvgIpc) is 3.68. The maximum absolute atomic E-state index is 6.98. The molecule has 10 rings (SSSR count). The van der Waals surface area contributed by atoms with Crippen molar-refractivity contribution in [1.29, 1.82) is 0 Å². The van der Waals surface area contributed by atoms with Crippen LogP contribution >= 0.6 is 0 Å². The van der Waals surface area contributed by atoms with E-state index in [-0.39, 0.29) is 0 Å². The minimum Gasteiger partial charge on any atom is -0.455 e. The maximum atomic E-state index is 6.98. The van der Waals surface area contributed by atoms with Gasteiger partial charge in [-0.2, -0.15) is 0 Å². The highest BCUT2D eigenvalue weighted by Gasteiger charge is 2.29. The molecule has 2 aromatic heterocycles. The van der Waals surface area contributed by atoms with Crippen molar-refractivity contribution in [2.24, 2.45) is 0 Å². The van der Waals surface area contributed by atoms with Gasteiger partial charge in [-0.05, 0) is 119 Å². The van der Waals surface area contributed by atoms with Gasteiger partial charge < -0.3 is 8.83 Å². The van der Waals surface area contributed by atoms with E-state index in [1.165, 1.54) is 140 Å². The standard InChI is InChI=1S/C46H46O2/c1-25(2)29-15-17-31-37-23-35-34(28-13-9-6-10-14-28)22-40-44-36(24-38-32-18-16-30(26(3)4)20-42(32)48-46(38)40)33(27-11-7-5-8-12-27)21-39(43(35)44)45(37)47-41(31)19-29/h15-28H,5-14H2,1-4H3. The summed E-state index contributed by atoms with van der Waals surface area (Å²) in [6.07, 6.45) is 13.0. The Morgan fingerprint density at radius 3 is 1.25 bits per heavy atom. The first kappa shape index (κ1) is 28.9. The molecule has 2 heteroatoms. The largest absolute Gasteiger partial charge is 0.455 e. The van der Waals surface area contributed by atoms with Crippen LogP contribution in [0.1, 0.15) is 138 Å². The van der Waals surface area contributed by atoms with E-state index >= 15 is 0 Å². The molecule has 2 nitrogen and oxygen atoms in total. The van der Waals surface area contributed by atoms with Crippen molar-refractivity contribution in [1.82, 2.24) is 0 Å². The lowest BCUT2D eigenvalue weighted by molar-refractivity contribution is 0.445. The molecular formula is C46H46O2. The smallest absolute Gasteiger partial charge is 0.143 e. The second-order valence-electron chi connectivity index (χ2n) is 16.1. The van der Waals surface area contributed by atoms with Crippen LogP contribution in [0.15, 0.2) is 69.5 Å². The van der Waals surface area contributed by atoms with Crippen molar-refractivity contribution in [2.75, 3.05) is 0 Å². The van der Waals surface area contributed by atoms with Crippen LogP contribution in [-0.2, 0) is 0 Å². The van der Waals surface area contributed by atoms with Crippen LogP contribution < -0.4 is 0 Å². The van der Waals surface area contributed by atoms with Gasteiger partial charge in [0.1, 0.15) is 22.3 Å². The maximum Gasteiger partial charge on any atom is 0.143 e. The van der Waals surface area contributed by atoms with Gasteiger partial charge in [-0.25, -0.2) is 0 Å². The predicted octanol–water partition coefficient (Wildman–Crippen LogP) is 14.7. The summed E-state index contributed by atoms with van der Waals surface area (Å²) in [7, 11) is 0. The van der Waals surface area contributed by atoms with Gasteiger partial charge in [0.25, 0.3) is 0 Å². The number of fused-ring (bicyclic) bond motifs is 8. The highest BCUT2D eigenvalue weighted by Crippen LogP contribution is 2.52. The van der Waals surface area contributed by atoms with Gasteiger partial charge in [0, 0.05) is 43.1 Å². The molecule has 0 N–H and O–H groups in total. The molecule has 48 heavy (non-hydrogen) atoms. The second kappa shape index (κ2) is 10.7. The summed E-state index contributed by atoms with van der Waals surface area (Å²) in [5.74, 6) is 2.06. The summed E-state index contributed by atoms with van der Waals surface area (Å²) >= 11 is 0. The Morgan fingerprint density at radius 1 is 0.438 bits per heavy atom. The van der Waals surface area contributed by atoms with Crippen molar-refractivity contribution in [3.8, 4) is 0 Å². The average molecular weight is 631 g/mol. The first-order chi connectivity index (χ1) is 23.4. The molecule has 2 fully saturated rings. The molecule has 2 saturated carbocycles. The van der Waals surface area contributed by atoms with Crippen molar-refractivity contribution >= 4 is 76.2 Å². The van der Waals surface area contributed by atoms with Gasteiger partial charge in [-0.3, -0.25) is 0 Å². The predicted molar refractivity (Wildman–Crippen MR) is 205 cm³/mol. The number of rotatable bonds is 4. The third-order valence-electron chi connectivity index (χ3n) is 12.5. The Morgan fingerprint density at radius 2 is 0.854 bits per heavy atom. The fraction of sp³-hybridized carbons (Fsp3) is 0.391. The highest BCUT2D eigenvalue weighted by molar-refractivity contribution is 6.35. The van der Waals surface area contributed by atoms with Gasteiger partial charge in [-0.15, -0.1) is 0 Å². The van der Waals surface area contributed by atoms with Gasteiger partial charge >= 0.3 is 0 Å². The van der Waals surface area contributed by atoms with E-state index in [4.69, 9.17) is 8.83 Å². The molecule has 0 atom stereocenters. The molecular weight excluding hydrogens is 585 g/mol. The third kappa shape index (κ3) is 4.17. The second-order valence-corrected chi connectivity index (χ2v) is 16.1. The van der Waals surface area contributed by atoms with E-state index in [1.54, 1.807) is 0 Å². The highest BCUT2D eigenvalue weighted by atomic mass is 16.3. The Balaban J connectivity index is 1.40. The minimum absolute atomic E-state index is 0.463. The number of hydrogen-bond acceptors (Lipinski definition) is 2. The fourth-order valence-electron chi connectivity index (χ4n) is 9.86. The number of furan rings is 2. The first-order valence-electron chi connectivity index (χ1n) is 18.9. The molecule has 0 aliphatic heterocycles. The van der Waals surface area contributed by atoms with E-state index in [9.17, 15) is 0 Å². The van der Waals surface area contributed by atoms with Gasteiger partial charge in [0.2, 0.25) is 0 Å². The Hall–Kier alpha value is -4.04. The summed E-state index contributed by atoms with van der Waals surface area (Å²) in [6, 6.07) is 24.0. The van der Waals surface area contributed by atoms with E-state index in [2.05, 4.69) is 88.4 Å². The van der Waals surface area contributed by atoms with E-state index < -0.39 is 0 Å². The van der Waals surface area contributed by atoms with Crippen LogP contribution in [0, 0.1) is 0 Å². The fourth-order valence-corrected chi connectivity index (χ4v) is 9.86. The zero-order valence-corrected chi connectivity index (χ0v) is 29.0. The third-order valence-corrected chi connectivity index (χ3v) is 12.5. The van der Waals surface area contributed by atoms with Gasteiger partial charge in [0.15, 0.2) is 0 Å². The molecule has 0 spiro atoms. The van der Waals surface area contributed by atoms with Crippen molar-refractivity contribution in [3.05, 3.63) is 82.9 Å². The molecule has 242 valence electrons. The van der Waals surface area contributed by atoms with Crippen LogP contribution in [0.25, 0.3) is 76.2 Å². The van der Waals surface area contributed by atoms with Crippen LogP contribution in [0.2, 0.25) is 0 Å². The molecule has 8 aromatic rings. The monoisotopic (exact) mass is 630 g/mol. The zero-order chi connectivity index (χ0) is 32.3. The minimum atomic E-state index is 0.463. The van der Waals surface area contributed by atoms with Gasteiger partial charge in [-0.1, -0.05) is 90.5 Å². The Kier molecular flexibility index (Phi) is 6.47. The lowest BCUT2D eigenvalue weighted by Crippen LogP contribution is -2.07.